The summed E-state index contributed by atoms with van der Waals surface area (Å²) in [4.78, 5) is 0. The van der Waals surface area contributed by atoms with Gasteiger partial charge in [-0.1, -0.05) is 24.2 Å². The van der Waals surface area contributed by atoms with E-state index in [1.807, 2.05) is 0 Å². The van der Waals surface area contributed by atoms with Gasteiger partial charge in [-0.05, 0) is 17.7 Å². The summed E-state index contributed by atoms with van der Waals surface area (Å²) < 4.78 is 18.3. The standard InChI is InChI=1S/C10H9Cl2FO/c1-7(5-11)6-14-10-8(12)3-2-4-9(10)13/h2-4H,1,5-6H2. The van der Waals surface area contributed by atoms with E-state index in [0.717, 1.165) is 0 Å². The second kappa shape index (κ2) is 5.23. The topological polar surface area (TPSA) is 9.23 Å². The van der Waals surface area contributed by atoms with Gasteiger partial charge in [0, 0.05) is 5.88 Å². The number of ether oxygens (including phenoxy) is 1. The van der Waals surface area contributed by atoms with Crippen molar-refractivity contribution in [2.24, 2.45) is 0 Å². The van der Waals surface area contributed by atoms with E-state index in [-0.39, 0.29) is 23.3 Å². The Morgan fingerprint density at radius 1 is 1.50 bits per heavy atom. The molecule has 4 heteroatoms. The molecule has 1 nitrogen and oxygen atoms in total. The van der Waals surface area contributed by atoms with Crippen LogP contribution >= 0.6 is 23.2 Å². The largest absolute Gasteiger partial charge is 0.485 e. The smallest absolute Gasteiger partial charge is 0.173 e. The Morgan fingerprint density at radius 2 is 2.21 bits per heavy atom. The monoisotopic (exact) mass is 234 g/mol. The summed E-state index contributed by atoms with van der Waals surface area (Å²) in [6.07, 6.45) is 0. The quantitative estimate of drug-likeness (QED) is 0.571. The predicted octanol–water partition coefficient (Wildman–Crippen LogP) is 3.65. The zero-order valence-electron chi connectivity index (χ0n) is 7.40. The first kappa shape index (κ1) is 11.3. The fraction of sp³-hybridized carbons (Fsp3) is 0.200. The Balaban J connectivity index is 2.71. The van der Waals surface area contributed by atoms with E-state index in [9.17, 15) is 4.39 Å². The van der Waals surface area contributed by atoms with Crippen LogP contribution in [0.15, 0.2) is 30.4 Å². The molecule has 0 aliphatic heterocycles. The number of rotatable bonds is 4. The van der Waals surface area contributed by atoms with Gasteiger partial charge in [0.2, 0.25) is 0 Å². The van der Waals surface area contributed by atoms with Gasteiger partial charge in [0.1, 0.15) is 6.61 Å². The average molecular weight is 235 g/mol. The van der Waals surface area contributed by atoms with Crippen molar-refractivity contribution in [2.45, 2.75) is 0 Å². The molecule has 1 rings (SSSR count). The van der Waals surface area contributed by atoms with Gasteiger partial charge >= 0.3 is 0 Å². The van der Waals surface area contributed by atoms with E-state index in [0.29, 0.717) is 5.57 Å². The molecule has 0 aliphatic rings. The Morgan fingerprint density at radius 3 is 2.79 bits per heavy atom. The van der Waals surface area contributed by atoms with Gasteiger partial charge in [0.05, 0.1) is 5.02 Å². The third-order valence-corrected chi connectivity index (χ3v) is 2.20. The van der Waals surface area contributed by atoms with Crippen molar-refractivity contribution in [2.75, 3.05) is 12.5 Å². The molecule has 0 amide bonds. The maximum Gasteiger partial charge on any atom is 0.173 e. The highest BCUT2D eigenvalue weighted by atomic mass is 35.5. The van der Waals surface area contributed by atoms with Crippen LogP contribution in [0.5, 0.6) is 5.75 Å². The van der Waals surface area contributed by atoms with Crippen LogP contribution in [-0.2, 0) is 0 Å². The van der Waals surface area contributed by atoms with E-state index in [4.69, 9.17) is 27.9 Å². The first-order valence-electron chi connectivity index (χ1n) is 3.94. The van der Waals surface area contributed by atoms with E-state index >= 15 is 0 Å². The number of alkyl halides is 1. The van der Waals surface area contributed by atoms with Crippen LogP contribution in [0.2, 0.25) is 5.02 Å². The fourth-order valence-corrected chi connectivity index (χ4v) is 1.13. The molecular weight excluding hydrogens is 226 g/mol. The van der Waals surface area contributed by atoms with Gasteiger partial charge in [-0.3, -0.25) is 0 Å². The highest BCUT2D eigenvalue weighted by Gasteiger charge is 2.07. The molecule has 1 aromatic rings. The molecule has 0 unspecified atom stereocenters. The Hall–Kier alpha value is -0.730. The van der Waals surface area contributed by atoms with Crippen LogP contribution in [0, 0.1) is 5.82 Å². The van der Waals surface area contributed by atoms with Crippen LogP contribution in [0.3, 0.4) is 0 Å². The molecule has 0 N–H and O–H groups in total. The lowest BCUT2D eigenvalue weighted by Crippen LogP contribution is -2.03. The highest BCUT2D eigenvalue weighted by molar-refractivity contribution is 6.32. The minimum atomic E-state index is -0.486. The molecule has 0 spiro atoms. The van der Waals surface area contributed by atoms with Gasteiger partial charge in [0.15, 0.2) is 11.6 Å². The maximum atomic E-state index is 13.1. The van der Waals surface area contributed by atoms with Crippen molar-refractivity contribution in [3.8, 4) is 5.75 Å². The Kier molecular flexibility index (Phi) is 4.23. The number of hydrogen-bond acceptors (Lipinski definition) is 1. The zero-order valence-corrected chi connectivity index (χ0v) is 8.91. The minimum Gasteiger partial charge on any atom is -0.485 e. The van der Waals surface area contributed by atoms with Gasteiger partial charge in [-0.25, -0.2) is 4.39 Å². The van der Waals surface area contributed by atoms with Gasteiger partial charge in [-0.15, -0.1) is 11.6 Å². The van der Waals surface area contributed by atoms with Crippen molar-refractivity contribution in [3.63, 3.8) is 0 Å². The Bertz CT molecular complexity index is 319. The summed E-state index contributed by atoms with van der Waals surface area (Å²) in [5.74, 6) is -0.160. The average Bonchev–Trinajstić information content (AvgIpc) is 2.16. The summed E-state index contributed by atoms with van der Waals surface area (Å²) in [7, 11) is 0. The second-order valence-electron chi connectivity index (χ2n) is 2.72. The van der Waals surface area contributed by atoms with Crippen molar-refractivity contribution >= 4 is 23.2 Å². The second-order valence-corrected chi connectivity index (χ2v) is 3.40. The van der Waals surface area contributed by atoms with Crippen molar-refractivity contribution in [3.05, 3.63) is 41.2 Å². The zero-order chi connectivity index (χ0) is 10.6. The normalized spacial score (nSPS) is 9.93. The molecule has 0 saturated heterocycles. The van der Waals surface area contributed by atoms with Crippen molar-refractivity contribution < 1.29 is 9.13 Å². The summed E-state index contributed by atoms with van der Waals surface area (Å²) >= 11 is 11.2. The summed E-state index contributed by atoms with van der Waals surface area (Å²) in [6, 6.07) is 4.36. The maximum absolute atomic E-state index is 13.1. The SMILES string of the molecule is C=C(CCl)COc1c(F)cccc1Cl. The molecule has 0 aromatic heterocycles. The van der Waals surface area contributed by atoms with E-state index in [2.05, 4.69) is 6.58 Å². The lowest BCUT2D eigenvalue weighted by Gasteiger charge is -2.08. The molecule has 0 saturated carbocycles. The van der Waals surface area contributed by atoms with E-state index in [1.54, 1.807) is 6.07 Å². The lowest BCUT2D eigenvalue weighted by molar-refractivity contribution is 0.333. The number of halogens is 3. The molecule has 0 aliphatic carbocycles. The van der Waals surface area contributed by atoms with Gasteiger partial charge in [0.25, 0.3) is 0 Å². The molecule has 0 fully saturated rings. The first-order chi connectivity index (χ1) is 6.65. The molecule has 0 atom stereocenters. The van der Waals surface area contributed by atoms with Crippen LogP contribution < -0.4 is 4.74 Å². The van der Waals surface area contributed by atoms with Gasteiger partial charge in [-0.2, -0.15) is 0 Å². The summed E-state index contributed by atoms with van der Waals surface area (Å²) in [6.45, 7) is 3.80. The molecule has 0 radical (unpaired) electrons. The van der Waals surface area contributed by atoms with Crippen LogP contribution in [0.4, 0.5) is 4.39 Å². The number of benzene rings is 1. The fourth-order valence-electron chi connectivity index (χ4n) is 0.833. The molecule has 1 aromatic carbocycles. The molecule has 0 bridgehead atoms. The highest BCUT2D eigenvalue weighted by Crippen LogP contribution is 2.27. The molecule has 76 valence electrons. The van der Waals surface area contributed by atoms with E-state index < -0.39 is 5.82 Å². The Labute approximate surface area is 92.1 Å². The molecule has 14 heavy (non-hydrogen) atoms. The first-order valence-corrected chi connectivity index (χ1v) is 4.86. The van der Waals surface area contributed by atoms with Crippen LogP contribution in [0.25, 0.3) is 0 Å². The minimum absolute atomic E-state index is 0.0421. The van der Waals surface area contributed by atoms with E-state index in [1.165, 1.54) is 12.1 Å². The predicted molar refractivity (Wildman–Crippen MR) is 56.8 cm³/mol. The lowest BCUT2D eigenvalue weighted by atomic mass is 10.3. The number of hydrogen-bond donors (Lipinski definition) is 0. The number of para-hydroxylation sites is 1. The summed E-state index contributed by atoms with van der Waals surface area (Å²) in [5, 5.41) is 0.243. The van der Waals surface area contributed by atoms with Crippen LogP contribution in [-0.4, -0.2) is 12.5 Å². The third kappa shape index (κ3) is 2.89. The van der Waals surface area contributed by atoms with Crippen molar-refractivity contribution in [1.82, 2.24) is 0 Å². The third-order valence-electron chi connectivity index (χ3n) is 1.53. The van der Waals surface area contributed by atoms with Gasteiger partial charge < -0.3 is 4.74 Å². The van der Waals surface area contributed by atoms with Crippen LogP contribution in [0.1, 0.15) is 0 Å². The summed E-state index contributed by atoms with van der Waals surface area (Å²) in [5.41, 5.74) is 0.672. The molecule has 0 heterocycles. The molecular formula is C10H9Cl2FO. The van der Waals surface area contributed by atoms with Crippen molar-refractivity contribution in [1.29, 1.82) is 0 Å².